The molecular weight excluding hydrogens is 242 g/mol. The molecular formula is C15H15NO3. The van der Waals surface area contributed by atoms with Gasteiger partial charge in [0.25, 0.3) is 5.91 Å². The molecule has 0 unspecified atom stereocenters. The van der Waals surface area contributed by atoms with E-state index in [-0.39, 0.29) is 11.7 Å². The number of aromatic hydroxyl groups is 1. The van der Waals surface area contributed by atoms with Gasteiger partial charge in [-0.15, -0.1) is 0 Å². The van der Waals surface area contributed by atoms with Crippen molar-refractivity contribution < 1.29 is 14.6 Å². The number of benzene rings is 2. The highest BCUT2D eigenvalue weighted by molar-refractivity contribution is 5.94. The van der Waals surface area contributed by atoms with Crippen molar-refractivity contribution in [2.24, 2.45) is 0 Å². The molecule has 2 aromatic rings. The maximum Gasteiger partial charge on any atom is 0.265 e. The fourth-order valence-electron chi connectivity index (χ4n) is 1.55. The van der Waals surface area contributed by atoms with E-state index >= 15 is 0 Å². The molecule has 2 N–H and O–H groups in total. The molecule has 0 fully saturated rings. The molecule has 4 heteroatoms. The molecule has 1 amide bonds. The van der Waals surface area contributed by atoms with E-state index in [1.807, 2.05) is 18.2 Å². The molecule has 0 saturated heterocycles. The predicted molar refractivity (Wildman–Crippen MR) is 73.3 cm³/mol. The predicted octanol–water partition coefficient (Wildman–Crippen LogP) is 2.80. The summed E-state index contributed by atoms with van der Waals surface area (Å²) in [5.41, 5.74) is 0.617. The van der Waals surface area contributed by atoms with Gasteiger partial charge in [-0.25, -0.2) is 0 Å². The van der Waals surface area contributed by atoms with Crippen LogP contribution in [-0.2, 0) is 4.79 Å². The maximum atomic E-state index is 11.9. The molecule has 0 radical (unpaired) electrons. The van der Waals surface area contributed by atoms with Crippen LogP contribution in [0.1, 0.15) is 6.92 Å². The zero-order chi connectivity index (χ0) is 13.7. The van der Waals surface area contributed by atoms with E-state index in [0.29, 0.717) is 11.4 Å². The number of phenolic OH excluding ortho intramolecular Hbond substituents is 1. The summed E-state index contributed by atoms with van der Waals surface area (Å²) < 4.78 is 5.51. The topological polar surface area (TPSA) is 58.6 Å². The molecule has 0 aliphatic rings. The molecule has 0 aromatic heterocycles. The Morgan fingerprint density at radius 3 is 2.37 bits per heavy atom. The Kier molecular flexibility index (Phi) is 4.03. The number of phenols is 1. The first-order chi connectivity index (χ1) is 9.15. The van der Waals surface area contributed by atoms with Crippen LogP contribution < -0.4 is 10.1 Å². The standard InChI is InChI=1S/C15H15NO3/c1-11(19-14-5-3-2-4-6-14)15(18)16-12-7-9-13(17)10-8-12/h2-11,17H,1H3,(H,16,18)/t11-/m0/s1. The van der Waals surface area contributed by atoms with Crippen LogP contribution >= 0.6 is 0 Å². The Morgan fingerprint density at radius 2 is 1.74 bits per heavy atom. The Balaban J connectivity index is 1.94. The zero-order valence-corrected chi connectivity index (χ0v) is 10.5. The number of anilines is 1. The van der Waals surface area contributed by atoms with Gasteiger partial charge in [0, 0.05) is 5.69 Å². The Labute approximate surface area is 111 Å². The Bertz CT molecular complexity index is 537. The minimum absolute atomic E-state index is 0.159. The molecule has 19 heavy (non-hydrogen) atoms. The van der Waals surface area contributed by atoms with Crippen molar-refractivity contribution in [2.75, 3.05) is 5.32 Å². The van der Waals surface area contributed by atoms with Crippen molar-refractivity contribution in [1.29, 1.82) is 0 Å². The van der Waals surface area contributed by atoms with Gasteiger partial charge in [0.15, 0.2) is 6.10 Å². The lowest BCUT2D eigenvalue weighted by Crippen LogP contribution is -2.30. The number of rotatable bonds is 4. The van der Waals surface area contributed by atoms with Crippen molar-refractivity contribution in [3.05, 3.63) is 54.6 Å². The fraction of sp³-hybridized carbons (Fsp3) is 0.133. The van der Waals surface area contributed by atoms with Gasteiger partial charge in [-0.1, -0.05) is 18.2 Å². The number of nitrogens with one attached hydrogen (secondary N) is 1. The third-order valence-electron chi connectivity index (χ3n) is 2.56. The molecule has 0 spiro atoms. The smallest absolute Gasteiger partial charge is 0.265 e. The molecule has 2 rings (SSSR count). The van der Waals surface area contributed by atoms with E-state index in [2.05, 4.69) is 5.32 Å². The minimum Gasteiger partial charge on any atom is -0.508 e. The van der Waals surface area contributed by atoms with Gasteiger partial charge in [0.2, 0.25) is 0 Å². The summed E-state index contributed by atoms with van der Waals surface area (Å²) in [4.78, 5) is 11.9. The average molecular weight is 257 g/mol. The van der Waals surface area contributed by atoms with E-state index in [9.17, 15) is 4.79 Å². The summed E-state index contributed by atoms with van der Waals surface area (Å²) in [7, 11) is 0. The fourth-order valence-corrected chi connectivity index (χ4v) is 1.55. The van der Waals surface area contributed by atoms with Crippen molar-refractivity contribution in [2.45, 2.75) is 13.0 Å². The average Bonchev–Trinajstić information content (AvgIpc) is 2.42. The lowest BCUT2D eigenvalue weighted by molar-refractivity contribution is -0.122. The second kappa shape index (κ2) is 5.91. The number of amides is 1. The summed E-state index contributed by atoms with van der Waals surface area (Å²) in [6, 6.07) is 15.4. The van der Waals surface area contributed by atoms with Gasteiger partial charge in [0.1, 0.15) is 11.5 Å². The Morgan fingerprint density at radius 1 is 1.11 bits per heavy atom. The lowest BCUT2D eigenvalue weighted by Gasteiger charge is -2.14. The molecule has 98 valence electrons. The molecule has 2 aromatic carbocycles. The monoisotopic (exact) mass is 257 g/mol. The second-order valence-corrected chi connectivity index (χ2v) is 4.11. The Hall–Kier alpha value is -2.49. The van der Waals surface area contributed by atoms with E-state index < -0.39 is 6.10 Å². The first kappa shape index (κ1) is 13.0. The number of carbonyl (C=O) groups is 1. The SMILES string of the molecule is C[C@H](Oc1ccccc1)C(=O)Nc1ccc(O)cc1. The summed E-state index contributed by atoms with van der Waals surface area (Å²) in [6.45, 7) is 1.68. The quantitative estimate of drug-likeness (QED) is 0.828. The highest BCUT2D eigenvalue weighted by Gasteiger charge is 2.14. The van der Waals surface area contributed by atoms with Gasteiger partial charge in [-0.2, -0.15) is 0 Å². The number of carbonyl (C=O) groups excluding carboxylic acids is 1. The van der Waals surface area contributed by atoms with Crippen LogP contribution in [0.5, 0.6) is 11.5 Å². The molecule has 4 nitrogen and oxygen atoms in total. The van der Waals surface area contributed by atoms with Crippen LogP contribution in [0.2, 0.25) is 0 Å². The van der Waals surface area contributed by atoms with Crippen molar-refractivity contribution in [3.8, 4) is 11.5 Å². The van der Waals surface area contributed by atoms with Crippen LogP contribution in [-0.4, -0.2) is 17.1 Å². The molecule has 0 bridgehead atoms. The van der Waals surface area contributed by atoms with Gasteiger partial charge in [-0.05, 0) is 43.3 Å². The summed E-state index contributed by atoms with van der Waals surface area (Å²) >= 11 is 0. The zero-order valence-electron chi connectivity index (χ0n) is 10.5. The first-order valence-electron chi connectivity index (χ1n) is 5.97. The number of ether oxygens (including phenoxy) is 1. The number of hydrogen-bond acceptors (Lipinski definition) is 3. The van der Waals surface area contributed by atoms with Crippen LogP contribution in [0.3, 0.4) is 0 Å². The first-order valence-corrected chi connectivity index (χ1v) is 5.97. The van der Waals surface area contributed by atoms with Crippen molar-refractivity contribution in [3.63, 3.8) is 0 Å². The van der Waals surface area contributed by atoms with E-state index in [1.165, 1.54) is 12.1 Å². The van der Waals surface area contributed by atoms with E-state index in [4.69, 9.17) is 9.84 Å². The van der Waals surface area contributed by atoms with Crippen LogP contribution in [0, 0.1) is 0 Å². The van der Waals surface area contributed by atoms with Crippen LogP contribution in [0.25, 0.3) is 0 Å². The largest absolute Gasteiger partial charge is 0.508 e. The van der Waals surface area contributed by atoms with Gasteiger partial charge in [0.05, 0.1) is 0 Å². The summed E-state index contributed by atoms with van der Waals surface area (Å²) in [5.74, 6) is 0.567. The van der Waals surface area contributed by atoms with Crippen molar-refractivity contribution in [1.82, 2.24) is 0 Å². The van der Waals surface area contributed by atoms with Crippen LogP contribution in [0.4, 0.5) is 5.69 Å². The third-order valence-corrected chi connectivity index (χ3v) is 2.56. The third kappa shape index (κ3) is 3.74. The molecule has 0 heterocycles. The minimum atomic E-state index is -0.601. The summed E-state index contributed by atoms with van der Waals surface area (Å²) in [6.07, 6.45) is -0.601. The lowest BCUT2D eigenvalue weighted by atomic mass is 10.3. The normalized spacial score (nSPS) is 11.6. The van der Waals surface area contributed by atoms with Gasteiger partial charge in [-0.3, -0.25) is 4.79 Å². The van der Waals surface area contributed by atoms with E-state index in [0.717, 1.165) is 0 Å². The van der Waals surface area contributed by atoms with Crippen LogP contribution in [0.15, 0.2) is 54.6 Å². The van der Waals surface area contributed by atoms with Crippen molar-refractivity contribution >= 4 is 11.6 Å². The molecule has 0 saturated carbocycles. The van der Waals surface area contributed by atoms with E-state index in [1.54, 1.807) is 31.2 Å². The van der Waals surface area contributed by atoms with Gasteiger partial charge < -0.3 is 15.2 Å². The highest BCUT2D eigenvalue weighted by Crippen LogP contribution is 2.15. The number of hydrogen-bond donors (Lipinski definition) is 2. The summed E-state index contributed by atoms with van der Waals surface area (Å²) in [5, 5.41) is 11.9. The molecule has 0 aliphatic heterocycles. The maximum absolute atomic E-state index is 11.9. The second-order valence-electron chi connectivity index (χ2n) is 4.11. The molecule has 1 atom stereocenters. The number of para-hydroxylation sites is 1. The highest BCUT2D eigenvalue weighted by atomic mass is 16.5. The molecule has 0 aliphatic carbocycles. The van der Waals surface area contributed by atoms with Gasteiger partial charge >= 0.3 is 0 Å².